The van der Waals surface area contributed by atoms with Crippen molar-refractivity contribution < 1.29 is 19.4 Å². The quantitative estimate of drug-likeness (QED) is 0.829. The van der Waals surface area contributed by atoms with Crippen molar-refractivity contribution in [3.63, 3.8) is 0 Å². The molecule has 0 bridgehead atoms. The monoisotopic (exact) mass is 263 g/mol. The van der Waals surface area contributed by atoms with Gasteiger partial charge in [0.05, 0.1) is 18.7 Å². The minimum atomic E-state index is -0.906. The third-order valence-electron chi connectivity index (χ3n) is 3.20. The highest BCUT2D eigenvalue weighted by atomic mass is 16.5. The third-order valence-corrected chi connectivity index (χ3v) is 3.20. The summed E-state index contributed by atoms with van der Waals surface area (Å²) in [5, 5.41) is 8.94. The summed E-state index contributed by atoms with van der Waals surface area (Å²) in [7, 11) is 0. The highest BCUT2D eigenvalue weighted by Gasteiger charge is 2.19. The van der Waals surface area contributed by atoms with E-state index in [1.54, 1.807) is 19.1 Å². The van der Waals surface area contributed by atoms with Crippen LogP contribution in [0.3, 0.4) is 0 Å². The summed E-state index contributed by atoms with van der Waals surface area (Å²) in [5.74, 6) is -1.12. The van der Waals surface area contributed by atoms with E-state index in [1.807, 2.05) is 11.0 Å². The molecule has 5 nitrogen and oxygen atoms in total. The van der Waals surface area contributed by atoms with Gasteiger partial charge in [-0.05, 0) is 36.6 Å². The van der Waals surface area contributed by atoms with E-state index in [0.717, 1.165) is 24.1 Å². The minimum absolute atomic E-state index is 0.215. The number of hydrogen-bond acceptors (Lipinski definition) is 4. The number of carbonyl (C=O) groups excluding carboxylic acids is 1. The molecule has 1 aliphatic rings. The molecule has 0 saturated heterocycles. The summed E-state index contributed by atoms with van der Waals surface area (Å²) in [6, 6.07) is 5.16. The zero-order chi connectivity index (χ0) is 13.8. The molecule has 1 N–H and O–H groups in total. The highest BCUT2D eigenvalue weighted by Crippen LogP contribution is 2.20. The van der Waals surface area contributed by atoms with Gasteiger partial charge in [0.15, 0.2) is 0 Å². The lowest BCUT2D eigenvalue weighted by molar-refractivity contribution is -0.144. The topological polar surface area (TPSA) is 66.8 Å². The summed E-state index contributed by atoms with van der Waals surface area (Å²) in [6.07, 6.45) is 0.760. The molecule has 0 amide bonds. The van der Waals surface area contributed by atoms with E-state index in [-0.39, 0.29) is 12.5 Å². The Hall–Kier alpha value is -1.88. The number of ether oxygens (including phenoxy) is 1. The Balaban J connectivity index is 2.04. The predicted molar refractivity (Wildman–Crippen MR) is 69.0 cm³/mol. The first kappa shape index (κ1) is 13.5. The molecule has 1 aromatic rings. The Morgan fingerprint density at radius 3 is 2.84 bits per heavy atom. The Morgan fingerprint density at radius 2 is 2.16 bits per heavy atom. The van der Waals surface area contributed by atoms with E-state index < -0.39 is 5.97 Å². The van der Waals surface area contributed by atoms with Crippen molar-refractivity contribution in [2.24, 2.45) is 0 Å². The van der Waals surface area contributed by atoms with Gasteiger partial charge in [-0.3, -0.25) is 9.69 Å². The summed E-state index contributed by atoms with van der Waals surface area (Å²) in [5.41, 5.74) is 2.46. The number of hydrogen-bond donors (Lipinski definition) is 1. The van der Waals surface area contributed by atoms with E-state index in [1.165, 1.54) is 0 Å². The summed E-state index contributed by atoms with van der Waals surface area (Å²) in [6.45, 7) is 3.87. The molecule has 0 radical (unpaired) electrons. The summed E-state index contributed by atoms with van der Waals surface area (Å²) in [4.78, 5) is 24.3. The fourth-order valence-corrected chi connectivity index (χ4v) is 2.27. The fourth-order valence-electron chi connectivity index (χ4n) is 2.27. The van der Waals surface area contributed by atoms with Gasteiger partial charge in [0.2, 0.25) is 0 Å². The first-order chi connectivity index (χ1) is 9.10. The molecular weight excluding hydrogens is 246 g/mol. The Morgan fingerprint density at radius 1 is 1.37 bits per heavy atom. The van der Waals surface area contributed by atoms with Gasteiger partial charge in [-0.2, -0.15) is 0 Å². The van der Waals surface area contributed by atoms with Crippen LogP contribution in [-0.2, 0) is 22.5 Å². The molecule has 5 heteroatoms. The number of aromatic carboxylic acids is 1. The fraction of sp³-hybridized carbons (Fsp3) is 0.429. The second kappa shape index (κ2) is 5.84. The van der Waals surface area contributed by atoms with E-state index in [9.17, 15) is 9.59 Å². The second-order valence-corrected chi connectivity index (χ2v) is 4.55. The van der Waals surface area contributed by atoms with Crippen LogP contribution in [0.2, 0.25) is 0 Å². The molecule has 102 valence electrons. The van der Waals surface area contributed by atoms with Gasteiger partial charge >= 0.3 is 11.9 Å². The minimum Gasteiger partial charge on any atom is -0.478 e. The van der Waals surface area contributed by atoms with Gasteiger partial charge in [0.25, 0.3) is 0 Å². The lowest BCUT2D eigenvalue weighted by atomic mass is 9.97. The second-order valence-electron chi connectivity index (χ2n) is 4.55. The summed E-state index contributed by atoms with van der Waals surface area (Å²) < 4.78 is 4.92. The maximum atomic E-state index is 11.4. The van der Waals surface area contributed by atoms with Gasteiger partial charge in [0, 0.05) is 13.1 Å². The highest BCUT2D eigenvalue weighted by molar-refractivity contribution is 5.87. The zero-order valence-corrected chi connectivity index (χ0v) is 10.9. The number of nitrogens with zero attached hydrogens (tertiary/aromatic N) is 1. The van der Waals surface area contributed by atoms with Gasteiger partial charge in [-0.25, -0.2) is 4.79 Å². The van der Waals surface area contributed by atoms with Crippen molar-refractivity contribution in [3.8, 4) is 0 Å². The Bertz CT molecular complexity index is 498. The van der Waals surface area contributed by atoms with Gasteiger partial charge < -0.3 is 9.84 Å². The molecule has 1 heterocycles. The van der Waals surface area contributed by atoms with Crippen LogP contribution in [0.4, 0.5) is 0 Å². The predicted octanol–water partition coefficient (Wildman–Crippen LogP) is 1.31. The van der Waals surface area contributed by atoms with Crippen LogP contribution in [0.15, 0.2) is 18.2 Å². The molecular formula is C14H17NO4. The molecule has 0 saturated carbocycles. The van der Waals surface area contributed by atoms with Crippen molar-refractivity contribution in [2.75, 3.05) is 19.7 Å². The molecule has 0 aliphatic carbocycles. The van der Waals surface area contributed by atoms with E-state index >= 15 is 0 Å². The van der Waals surface area contributed by atoms with Crippen LogP contribution in [0.1, 0.15) is 28.4 Å². The first-order valence-electron chi connectivity index (χ1n) is 6.33. The maximum Gasteiger partial charge on any atom is 0.335 e. The average Bonchev–Trinajstić information content (AvgIpc) is 2.38. The zero-order valence-electron chi connectivity index (χ0n) is 10.9. The standard InChI is InChI=1S/C14H17NO4/c1-2-19-13(16)9-15-6-5-10-7-11(14(17)18)3-4-12(10)8-15/h3-4,7H,2,5-6,8-9H2,1H3,(H,17,18). The van der Waals surface area contributed by atoms with Gasteiger partial charge in [-0.1, -0.05) is 6.07 Å². The van der Waals surface area contributed by atoms with Crippen molar-refractivity contribution in [1.82, 2.24) is 4.90 Å². The Labute approximate surface area is 111 Å². The maximum absolute atomic E-state index is 11.4. The normalized spacial score (nSPS) is 14.8. The van der Waals surface area contributed by atoms with Crippen molar-refractivity contribution in [3.05, 3.63) is 34.9 Å². The molecule has 0 fully saturated rings. The van der Waals surface area contributed by atoms with Crippen LogP contribution in [0.5, 0.6) is 0 Å². The lowest BCUT2D eigenvalue weighted by Crippen LogP contribution is -2.35. The molecule has 1 aromatic carbocycles. The molecule has 0 unspecified atom stereocenters. The number of fused-ring (bicyclic) bond motifs is 1. The van der Waals surface area contributed by atoms with Crippen molar-refractivity contribution in [1.29, 1.82) is 0 Å². The SMILES string of the molecule is CCOC(=O)CN1CCc2cc(C(=O)O)ccc2C1. The molecule has 19 heavy (non-hydrogen) atoms. The van der Waals surface area contributed by atoms with Gasteiger partial charge in [-0.15, -0.1) is 0 Å². The van der Waals surface area contributed by atoms with Crippen LogP contribution in [0.25, 0.3) is 0 Å². The van der Waals surface area contributed by atoms with Crippen molar-refractivity contribution in [2.45, 2.75) is 19.9 Å². The first-order valence-corrected chi connectivity index (χ1v) is 6.33. The smallest absolute Gasteiger partial charge is 0.335 e. The van der Waals surface area contributed by atoms with Crippen molar-refractivity contribution >= 4 is 11.9 Å². The van der Waals surface area contributed by atoms with E-state index in [2.05, 4.69) is 0 Å². The molecule has 0 spiro atoms. The number of carbonyl (C=O) groups is 2. The molecule has 2 rings (SSSR count). The van der Waals surface area contributed by atoms with Crippen LogP contribution in [0, 0.1) is 0 Å². The van der Waals surface area contributed by atoms with Crippen LogP contribution < -0.4 is 0 Å². The third kappa shape index (κ3) is 3.32. The Kier molecular flexibility index (Phi) is 4.16. The lowest BCUT2D eigenvalue weighted by Gasteiger charge is -2.27. The van der Waals surface area contributed by atoms with Crippen LogP contribution in [-0.4, -0.2) is 41.6 Å². The van der Waals surface area contributed by atoms with E-state index in [0.29, 0.717) is 18.7 Å². The number of benzene rings is 1. The van der Waals surface area contributed by atoms with E-state index in [4.69, 9.17) is 9.84 Å². The number of carboxylic acid groups (broad SMARTS) is 1. The number of carboxylic acids is 1. The van der Waals surface area contributed by atoms with Gasteiger partial charge in [0.1, 0.15) is 0 Å². The van der Waals surface area contributed by atoms with Crippen LogP contribution >= 0.6 is 0 Å². The average molecular weight is 263 g/mol. The summed E-state index contributed by atoms with van der Waals surface area (Å²) >= 11 is 0. The molecule has 0 atom stereocenters. The molecule has 0 aromatic heterocycles. The largest absolute Gasteiger partial charge is 0.478 e. The number of rotatable bonds is 4. The molecule has 1 aliphatic heterocycles. The number of esters is 1.